The normalized spacial score (nSPS) is 15.8. The van der Waals surface area contributed by atoms with Crippen molar-refractivity contribution >= 4 is 26.7 Å². The average molecular weight is 440 g/mol. The van der Waals surface area contributed by atoms with Crippen LogP contribution in [-0.4, -0.2) is 36.3 Å². The zero-order chi connectivity index (χ0) is 22.0. The number of carbonyl (C=O) groups is 1. The first kappa shape index (κ1) is 21.3. The lowest BCUT2D eigenvalue weighted by Crippen LogP contribution is -2.34. The average Bonchev–Trinajstić information content (AvgIpc) is 3.30. The monoisotopic (exact) mass is 439 g/mol. The summed E-state index contributed by atoms with van der Waals surface area (Å²) in [4.78, 5) is 24.9. The molecule has 8 heteroatoms. The second-order valence-corrected chi connectivity index (χ2v) is 9.78. The van der Waals surface area contributed by atoms with Crippen LogP contribution in [0.25, 0.3) is 10.8 Å². The molecule has 0 bridgehead atoms. The highest BCUT2D eigenvalue weighted by atomic mass is 32.2. The first-order valence-electron chi connectivity index (χ1n) is 10.3. The first-order chi connectivity index (χ1) is 14.8. The molecule has 1 fully saturated rings. The molecule has 1 N–H and O–H groups in total. The lowest BCUT2D eigenvalue weighted by atomic mass is 10.0. The summed E-state index contributed by atoms with van der Waals surface area (Å²) in [6, 6.07) is 16.2. The molecule has 1 aromatic heterocycles. The molecule has 0 saturated carbocycles. The summed E-state index contributed by atoms with van der Waals surface area (Å²) in [5.41, 5.74) is 0.527. The molecule has 1 aliphatic rings. The summed E-state index contributed by atoms with van der Waals surface area (Å²) >= 11 is 0. The van der Waals surface area contributed by atoms with Crippen LogP contribution in [0.15, 0.2) is 70.5 Å². The number of aromatic nitrogens is 1. The van der Waals surface area contributed by atoms with Gasteiger partial charge in [-0.3, -0.25) is 9.59 Å². The van der Waals surface area contributed by atoms with Gasteiger partial charge >= 0.3 is 0 Å². The molecule has 7 nitrogen and oxygen atoms in total. The van der Waals surface area contributed by atoms with Gasteiger partial charge in [0, 0.05) is 25.4 Å². The number of nitrogens with one attached hydrogen (secondary N) is 1. The van der Waals surface area contributed by atoms with Crippen molar-refractivity contribution in [3.8, 4) is 0 Å². The quantitative estimate of drug-likeness (QED) is 0.640. The summed E-state index contributed by atoms with van der Waals surface area (Å²) in [6.07, 6.45) is 2.91. The number of benzene rings is 2. The van der Waals surface area contributed by atoms with Gasteiger partial charge in [-0.15, -0.1) is 0 Å². The van der Waals surface area contributed by atoms with E-state index in [1.54, 1.807) is 0 Å². The van der Waals surface area contributed by atoms with Crippen LogP contribution in [0.2, 0.25) is 0 Å². The van der Waals surface area contributed by atoms with Crippen LogP contribution in [0.4, 0.5) is 0 Å². The zero-order valence-electron chi connectivity index (χ0n) is 17.3. The van der Waals surface area contributed by atoms with Crippen LogP contribution in [0.1, 0.15) is 31.4 Å². The molecule has 0 radical (unpaired) electrons. The molecule has 1 aliphatic heterocycles. The van der Waals surface area contributed by atoms with Gasteiger partial charge in [-0.05, 0) is 48.2 Å². The Bertz CT molecular complexity index is 1280. The third-order valence-corrected chi connectivity index (χ3v) is 7.51. The van der Waals surface area contributed by atoms with Crippen LogP contribution in [0.5, 0.6) is 0 Å². The van der Waals surface area contributed by atoms with Crippen molar-refractivity contribution < 1.29 is 13.2 Å². The van der Waals surface area contributed by atoms with Crippen LogP contribution in [0, 0.1) is 0 Å². The lowest BCUT2D eigenvalue weighted by molar-refractivity contribution is -0.122. The van der Waals surface area contributed by atoms with E-state index in [1.165, 1.54) is 22.6 Å². The predicted octanol–water partition coefficient (Wildman–Crippen LogP) is 2.66. The minimum atomic E-state index is -3.66. The molecule has 1 saturated heterocycles. The maximum Gasteiger partial charge on any atom is 0.251 e. The Labute approximate surface area is 181 Å². The summed E-state index contributed by atoms with van der Waals surface area (Å²) in [5.74, 6) is -0.363. The SMILES string of the molecule is C[C@@H](NC(=O)Cn1cc(S(=O)(=O)N2CCCC2)ccc1=O)c1ccc2ccccc2c1. The number of fused-ring (bicyclic) bond motifs is 1. The molecule has 4 rings (SSSR count). The molecule has 0 aliphatic carbocycles. The third-order valence-electron chi connectivity index (χ3n) is 5.62. The van der Waals surface area contributed by atoms with Crippen LogP contribution >= 0.6 is 0 Å². The molecule has 31 heavy (non-hydrogen) atoms. The second-order valence-electron chi connectivity index (χ2n) is 7.84. The summed E-state index contributed by atoms with van der Waals surface area (Å²) in [6.45, 7) is 2.58. The van der Waals surface area contributed by atoms with Crippen molar-refractivity contribution in [2.24, 2.45) is 0 Å². The van der Waals surface area contributed by atoms with Crippen LogP contribution < -0.4 is 10.9 Å². The van der Waals surface area contributed by atoms with Crippen molar-refractivity contribution in [3.05, 3.63) is 76.7 Å². The Kier molecular flexibility index (Phi) is 5.93. The van der Waals surface area contributed by atoms with E-state index in [4.69, 9.17) is 0 Å². The highest BCUT2D eigenvalue weighted by molar-refractivity contribution is 7.89. The first-order valence-corrected chi connectivity index (χ1v) is 11.8. The van der Waals surface area contributed by atoms with Gasteiger partial charge in [-0.2, -0.15) is 4.31 Å². The van der Waals surface area contributed by atoms with E-state index in [9.17, 15) is 18.0 Å². The molecule has 2 aromatic carbocycles. The van der Waals surface area contributed by atoms with E-state index >= 15 is 0 Å². The molecule has 162 valence electrons. The Morgan fingerprint density at radius 3 is 2.48 bits per heavy atom. The maximum atomic E-state index is 12.8. The number of nitrogens with zero attached hydrogens (tertiary/aromatic N) is 2. The van der Waals surface area contributed by atoms with Crippen molar-refractivity contribution in [3.63, 3.8) is 0 Å². The van der Waals surface area contributed by atoms with E-state index in [-0.39, 0.29) is 23.4 Å². The fourth-order valence-electron chi connectivity index (χ4n) is 3.87. The minimum absolute atomic E-state index is 0.0318. The minimum Gasteiger partial charge on any atom is -0.348 e. The largest absolute Gasteiger partial charge is 0.348 e. The van der Waals surface area contributed by atoms with Gasteiger partial charge in [0.1, 0.15) is 6.54 Å². The topological polar surface area (TPSA) is 88.5 Å². The van der Waals surface area contributed by atoms with Crippen LogP contribution in [-0.2, 0) is 21.4 Å². The zero-order valence-corrected chi connectivity index (χ0v) is 18.1. The fraction of sp³-hybridized carbons (Fsp3) is 0.304. The number of amides is 1. The summed E-state index contributed by atoms with van der Waals surface area (Å²) in [5, 5.41) is 5.09. The molecule has 1 amide bonds. The fourth-order valence-corrected chi connectivity index (χ4v) is 5.40. The Hall–Kier alpha value is -2.97. The van der Waals surface area contributed by atoms with Gasteiger partial charge in [0.15, 0.2) is 0 Å². The maximum absolute atomic E-state index is 12.8. The number of hydrogen-bond acceptors (Lipinski definition) is 4. The molecule has 2 heterocycles. The summed E-state index contributed by atoms with van der Waals surface area (Å²) in [7, 11) is -3.66. The van der Waals surface area contributed by atoms with Gasteiger partial charge in [-0.25, -0.2) is 8.42 Å². The van der Waals surface area contributed by atoms with E-state index < -0.39 is 15.6 Å². The van der Waals surface area contributed by atoms with E-state index in [1.807, 2.05) is 49.4 Å². The van der Waals surface area contributed by atoms with Gasteiger partial charge in [0.2, 0.25) is 15.9 Å². The van der Waals surface area contributed by atoms with E-state index in [0.717, 1.165) is 33.7 Å². The third kappa shape index (κ3) is 4.55. The van der Waals surface area contributed by atoms with E-state index in [0.29, 0.717) is 13.1 Å². The molecular formula is C23H25N3O4S. The number of pyridine rings is 1. The predicted molar refractivity (Wildman–Crippen MR) is 119 cm³/mol. The lowest BCUT2D eigenvalue weighted by Gasteiger charge is -2.17. The highest BCUT2D eigenvalue weighted by Crippen LogP contribution is 2.21. The molecule has 1 atom stereocenters. The van der Waals surface area contributed by atoms with Gasteiger partial charge in [0.05, 0.1) is 10.9 Å². The number of sulfonamides is 1. The molecular weight excluding hydrogens is 414 g/mol. The summed E-state index contributed by atoms with van der Waals surface area (Å²) < 4.78 is 28.1. The van der Waals surface area contributed by atoms with Crippen molar-refractivity contribution in [2.75, 3.05) is 13.1 Å². The smallest absolute Gasteiger partial charge is 0.251 e. The number of hydrogen-bond donors (Lipinski definition) is 1. The van der Waals surface area contributed by atoms with Crippen molar-refractivity contribution in [2.45, 2.75) is 37.2 Å². The molecule has 0 spiro atoms. The second kappa shape index (κ2) is 8.64. The van der Waals surface area contributed by atoms with Gasteiger partial charge in [0.25, 0.3) is 5.56 Å². The molecule has 0 unspecified atom stereocenters. The highest BCUT2D eigenvalue weighted by Gasteiger charge is 2.27. The van der Waals surface area contributed by atoms with Crippen molar-refractivity contribution in [1.29, 1.82) is 0 Å². The Morgan fingerprint density at radius 1 is 1.03 bits per heavy atom. The van der Waals surface area contributed by atoms with Crippen molar-refractivity contribution in [1.82, 2.24) is 14.2 Å². The standard InChI is InChI=1S/C23H25N3O4S/c1-17(19-9-8-18-6-2-3-7-20(18)14-19)24-22(27)16-25-15-21(10-11-23(25)28)31(29,30)26-12-4-5-13-26/h2-3,6-11,14-15,17H,4-5,12-13,16H2,1H3,(H,24,27)/t17-/m1/s1. The van der Waals surface area contributed by atoms with E-state index in [2.05, 4.69) is 5.32 Å². The van der Waals surface area contributed by atoms with Gasteiger partial charge in [-0.1, -0.05) is 36.4 Å². The number of carbonyl (C=O) groups excluding carboxylic acids is 1. The Balaban J connectivity index is 1.49. The number of rotatable bonds is 6. The molecule has 3 aromatic rings. The van der Waals surface area contributed by atoms with Gasteiger partial charge < -0.3 is 9.88 Å². The Morgan fingerprint density at radius 2 is 1.74 bits per heavy atom. The van der Waals surface area contributed by atoms with Crippen LogP contribution in [0.3, 0.4) is 0 Å².